The smallest absolute Gasteiger partial charge is 0.390 e. The van der Waals surface area contributed by atoms with Gasteiger partial charge in [0, 0.05) is 19.5 Å². The number of likely N-dealkylation sites (tertiary alicyclic amines) is 1. The van der Waals surface area contributed by atoms with E-state index in [4.69, 9.17) is 0 Å². The predicted molar refractivity (Wildman–Crippen MR) is 123 cm³/mol. The van der Waals surface area contributed by atoms with Gasteiger partial charge in [0.2, 0.25) is 15.9 Å². The van der Waals surface area contributed by atoms with Gasteiger partial charge in [-0.25, -0.2) is 13.0 Å². The summed E-state index contributed by atoms with van der Waals surface area (Å²) in [6.07, 6.45) is 4.53. The first-order valence-electron chi connectivity index (χ1n) is 11.0. The van der Waals surface area contributed by atoms with Crippen molar-refractivity contribution in [2.75, 3.05) is 13.1 Å². The second-order valence-corrected chi connectivity index (χ2v) is 10.5. The molecule has 1 aliphatic rings. The van der Waals surface area contributed by atoms with Gasteiger partial charge >= 0.3 is 5.95 Å². The van der Waals surface area contributed by atoms with Crippen LogP contribution in [0.1, 0.15) is 42.9 Å². The number of nitro groups is 1. The number of piperidine rings is 1. The highest BCUT2D eigenvalue weighted by Gasteiger charge is 2.33. The zero-order chi connectivity index (χ0) is 24.3. The molecule has 3 rings (SSSR count). The van der Waals surface area contributed by atoms with Gasteiger partial charge in [0.15, 0.2) is 0 Å². The van der Waals surface area contributed by atoms with Crippen molar-refractivity contribution < 1.29 is 18.1 Å². The fourth-order valence-corrected chi connectivity index (χ4v) is 6.11. The van der Waals surface area contributed by atoms with Crippen molar-refractivity contribution in [3.8, 4) is 0 Å². The zero-order valence-electron chi connectivity index (χ0n) is 19.4. The third-order valence-electron chi connectivity index (χ3n) is 6.08. The lowest BCUT2D eigenvalue weighted by atomic mass is 9.98. The summed E-state index contributed by atoms with van der Waals surface area (Å²) in [5.41, 5.74) is 2.15. The second kappa shape index (κ2) is 10.0. The maximum absolute atomic E-state index is 13.4. The van der Waals surface area contributed by atoms with Crippen LogP contribution in [0.15, 0.2) is 29.4 Å². The number of hydrogen-bond acceptors (Lipinski definition) is 6. The van der Waals surface area contributed by atoms with Gasteiger partial charge < -0.3 is 15.0 Å². The van der Waals surface area contributed by atoms with E-state index in [-0.39, 0.29) is 29.7 Å². The van der Waals surface area contributed by atoms with E-state index in [1.807, 2.05) is 6.92 Å². The third kappa shape index (κ3) is 5.77. The van der Waals surface area contributed by atoms with Crippen LogP contribution in [0.4, 0.5) is 5.95 Å². The Morgan fingerprint density at radius 2 is 1.85 bits per heavy atom. The molecule has 1 atom stereocenters. The number of carbonyl (C=O) groups excluding carboxylic acids is 1. The summed E-state index contributed by atoms with van der Waals surface area (Å²) in [5.74, 6) is -0.146. The van der Waals surface area contributed by atoms with Gasteiger partial charge in [-0.2, -0.15) is 4.72 Å². The number of amides is 1. The molecule has 11 heteroatoms. The van der Waals surface area contributed by atoms with Crippen LogP contribution in [-0.4, -0.2) is 52.8 Å². The van der Waals surface area contributed by atoms with Gasteiger partial charge in [0.05, 0.1) is 11.4 Å². The Labute approximate surface area is 194 Å². The maximum Gasteiger partial charge on any atom is 0.434 e. The summed E-state index contributed by atoms with van der Waals surface area (Å²) in [7, 11) is -4.01. The number of benzene rings is 1. The number of aryl methyl sites for hydroxylation is 4. The minimum atomic E-state index is -4.01. The number of sulfonamides is 1. The molecule has 33 heavy (non-hydrogen) atoms. The van der Waals surface area contributed by atoms with Crippen molar-refractivity contribution in [1.29, 1.82) is 0 Å². The maximum atomic E-state index is 13.4. The number of nitrogens with one attached hydrogen (secondary N) is 1. The molecular formula is C22H31N5O5S. The zero-order valence-corrected chi connectivity index (χ0v) is 20.3. The van der Waals surface area contributed by atoms with E-state index in [0.717, 1.165) is 18.4 Å². The van der Waals surface area contributed by atoms with Crippen molar-refractivity contribution in [1.82, 2.24) is 19.2 Å². The minimum Gasteiger partial charge on any atom is -0.390 e. The highest BCUT2D eigenvalue weighted by molar-refractivity contribution is 7.89. The van der Waals surface area contributed by atoms with Crippen LogP contribution in [0.5, 0.6) is 0 Å². The fourth-order valence-electron chi connectivity index (χ4n) is 4.44. The molecule has 0 saturated carbocycles. The van der Waals surface area contributed by atoms with Crippen molar-refractivity contribution in [3.05, 3.63) is 51.3 Å². The number of rotatable bonds is 8. The Morgan fingerprint density at radius 3 is 2.42 bits per heavy atom. The standard InChI is InChI=1S/C22H31N5O5S/c1-15-5-9-25(10-6-15)21(28)19(7-11-26-12-8-23-22(26)27(29)30)24-33(31,32)20-17(3)13-16(2)14-18(20)4/h8,12-15,19,24H,5-7,9-11H2,1-4H3. The Bertz CT molecular complexity index is 1110. The Kier molecular flexibility index (Phi) is 7.53. The van der Waals surface area contributed by atoms with Crippen LogP contribution in [-0.2, 0) is 21.4 Å². The lowest BCUT2D eigenvalue weighted by Crippen LogP contribution is -2.51. The molecule has 1 unspecified atom stereocenters. The summed E-state index contributed by atoms with van der Waals surface area (Å²) in [6, 6.07) is 2.53. The van der Waals surface area contributed by atoms with Gasteiger partial charge in [-0.05, 0) is 55.6 Å². The largest absolute Gasteiger partial charge is 0.434 e. The number of hydrogen-bond donors (Lipinski definition) is 1. The highest BCUT2D eigenvalue weighted by atomic mass is 32.2. The minimum absolute atomic E-state index is 0.0608. The molecule has 0 radical (unpaired) electrons. The molecule has 1 aromatic heterocycles. The average molecular weight is 478 g/mol. The molecule has 10 nitrogen and oxygen atoms in total. The van der Waals surface area contributed by atoms with E-state index in [9.17, 15) is 23.3 Å². The molecule has 2 heterocycles. The van der Waals surface area contributed by atoms with Gasteiger partial charge in [0.25, 0.3) is 0 Å². The predicted octanol–water partition coefficient (Wildman–Crippen LogP) is 2.71. The van der Waals surface area contributed by atoms with E-state index < -0.39 is 21.0 Å². The Morgan fingerprint density at radius 1 is 1.24 bits per heavy atom. The number of aromatic nitrogens is 2. The van der Waals surface area contributed by atoms with Crippen LogP contribution in [0.25, 0.3) is 0 Å². The summed E-state index contributed by atoms with van der Waals surface area (Å²) in [5, 5.41) is 11.2. The van der Waals surface area contributed by atoms with Crippen LogP contribution in [0.2, 0.25) is 0 Å². The molecule has 1 N–H and O–H groups in total. The number of imidazole rings is 1. The first-order valence-corrected chi connectivity index (χ1v) is 12.5. The van der Waals surface area contributed by atoms with E-state index in [1.54, 1.807) is 30.9 Å². The van der Waals surface area contributed by atoms with Gasteiger partial charge in [-0.15, -0.1) is 0 Å². The summed E-state index contributed by atoms with van der Waals surface area (Å²) < 4.78 is 30.6. The first-order chi connectivity index (χ1) is 15.5. The molecular weight excluding hydrogens is 446 g/mol. The molecule has 180 valence electrons. The number of nitrogens with zero attached hydrogens (tertiary/aromatic N) is 4. The van der Waals surface area contributed by atoms with Crippen molar-refractivity contribution in [2.45, 2.75) is 64.4 Å². The van der Waals surface area contributed by atoms with Crippen molar-refractivity contribution in [3.63, 3.8) is 0 Å². The van der Waals surface area contributed by atoms with Gasteiger partial charge in [-0.1, -0.05) is 29.6 Å². The quantitative estimate of drug-likeness (QED) is 0.460. The van der Waals surface area contributed by atoms with Crippen molar-refractivity contribution in [2.24, 2.45) is 5.92 Å². The third-order valence-corrected chi connectivity index (χ3v) is 7.86. The monoisotopic (exact) mass is 477 g/mol. The topological polar surface area (TPSA) is 127 Å². The molecule has 0 bridgehead atoms. The molecule has 1 fully saturated rings. The van der Waals surface area contributed by atoms with Crippen LogP contribution >= 0.6 is 0 Å². The number of carbonyl (C=O) groups is 1. The van der Waals surface area contributed by atoms with E-state index in [1.165, 1.54) is 17.0 Å². The molecule has 0 aliphatic carbocycles. The lowest BCUT2D eigenvalue weighted by Gasteiger charge is -2.33. The summed E-state index contributed by atoms with van der Waals surface area (Å²) >= 11 is 0. The summed E-state index contributed by atoms with van der Waals surface area (Å²) in [6.45, 7) is 8.68. The normalized spacial score (nSPS) is 16.1. The molecule has 2 aromatic rings. The average Bonchev–Trinajstić information content (AvgIpc) is 3.19. The highest BCUT2D eigenvalue weighted by Crippen LogP contribution is 2.23. The Balaban J connectivity index is 1.88. The fraction of sp³-hybridized carbons (Fsp3) is 0.545. The Hall–Kier alpha value is -2.79. The molecule has 1 saturated heterocycles. The summed E-state index contributed by atoms with van der Waals surface area (Å²) in [4.78, 5) is 29.5. The van der Waals surface area contributed by atoms with Crippen LogP contribution in [0, 0.1) is 36.8 Å². The van der Waals surface area contributed by atoms with Crippen LogP contribution < -0.4 is 4.72 Å². The van der Waals surface area contributed by atoms with Crippen molar-refractivity contribution >= 4 is 21.9 Å². The first kappa shape index (κ1) is 24.8. The molecule has 1 amide bonds. The SMILES string of the molecule is Cc1cc(C)c(S(=O)(=O)NC(CCn2ccnc2[N+](=O)[O-])C(=O)N2CCC(C)CC2)c(C)c1. The van der Waals surface area contributed by atoms with Gasteiger partial charge in [-0.3, -0.25) is 4.79 Å². The molecule has 1 aromatic carbocycles. The van der Waals surface area contributed by atoms with E-state index in [2.05, 4.69) is 16.6 Å². The van der Waals surface area contributed by atoms with Gasteiger partial charge in [0.1, 0.15) is 18.4 Å². The van der Waals surface area contributed by atoms with E-state index >= 15 is 0 Å². The van der Waals surface area contributed by atoms with E-state index in [0.29, 0.717) is 30.1 Å². The second-order valence-electron chi connectivity index (χ2n) is 8.88. The lowest BCUT2D eigenvalue weighted by molar-refractivity contribution is -0.396. The molecule has 0 spiro atoms. The van der Waals surface area contributed by atoms with Crippen LogP contribution in [0.3, 0.4) is 0 Å². The molecule has 1 aliphatic heterocycles.